The van der Waals surface area contributed by atoms with Crippen LogP contribution in [0, 0.1) is 0 Å². The standard InChI is InChI=1S/C13H26N2O3/c1-12(2)9-15(10-13(3,4)18-12)11(16)8-14-6-7-17-5/h14H,6-10H2,1-5H3. The topological polar surface area (TPSA) is 50.8 Å². The maximum absolute atomic E-state index is 12.1. The van der Waals surface area contributed by atoms with Gasteiger partial charge in [-0.05, 0) is 27.7 Å². The molecule has 1 amide bonds. The predicted molar refractivity (Wildman–Crippen MR) is 70.6 cm³/mol. The van der Waals surface area contributed by atoms with Crippen molar-refractivity contribution in [1.82, 2.24) is 10.2 Å². The number of nitrogens with one attached hydrogen (secondary N) is 1. The number of carbonyl (C=O) groups excluding carboxylic acids is 1. The number of rotatable bonds is 5. The molecule has 1 aliphatic rings. The minimum Gasteiger partial charge on any atom is -0.383 e. The molecular weight excluding hydrogens is 232 g/mol. The van der Waals surface area contributed by atoms with E-state index in [-0.39, 0.29) is 17.1 Å². The van der Waals surface area contributed by atoms with E-state index in [1.807, 2.05) is 32.6 Å². The molecule has 106 valence electrons. The molecule has 5 heteroatoms. The van der Waals surface area contributed by atoms with Crippen molar-refractivity contribution in [1.29, 1.82) is 0 Å². The van der Waals surface area contributed by atoms with Crippen molar-refractivity contribution in [3.63, 3.8) is 0 Å². The fourth-order valence-electron chi connectivity index (χ4n) is 2.45. The smallest absolute Gasteiger partial charge is 0.236 e. The van der Waals surface area contributed by atoms with Crippen molar-refractivity contribution >= 4 is 5.91 Å². The van der Waals surface area contributed by atoms with Gasteiger partial charge in [-0.25, -0.2) is 0 Å². The maximum Gasteiger partial charge on any atom is 0.236 e. The highest BCUT2D eigenvalue weighted by molar-refractivity contribution is 5.78. The molecule has 18 heavy (non-hydrogen) atoms. The van der Waals surface area contributed by atoms with Gasteiger partial charge in [0.2, 0.25) is 5.91 Å². The fraction of sp³-hybridized carbons (Fsp3) is 0.923. The summed E-state index contributed by atoms with van der Waals surface area (Å²) < 4.78 is 10.9. The first kappa shape index (κ1) is 15.4. The Hall–Kier alpha value is -0.650. The van der Waals surface area contributed by atoms with E-state index in [1.165, 1.54) is 0 Å². The average Bonchev–Trinajstić information content (AvgIpc) is 2.19. The van der Waals surface area contributed by atoms with E-state index in [0.29, 0.717) is 32.8 Å². The minimum absolute atomic E-state index is 0.121. The molecule has 1 fully saturated rings. The van der Waals surface area contributed by atoms with Crippen LogP contribution >= 0.6 is 0 Å². The molecule has 0 radical (unpaired) electrons. The Morgan fingerprint density at radius 1 is 1.28 bits per heavy atom. The normalized spacial score (nSPS) is 21.9. The number of carbonyl (C=O) groups is 1. The van der Waals surface area contributed by atoms with Crippen molar-refractivity contribution in [2.75, 3.05) is 39.9 Å². The summed E-state index contributed by atoms with van der Waals surface area (Å²) in [4.78, 5) is 14.0. The summed E-state index contributed by atoms with van der Waals surface area (Å²) in [5.41, 5.74) is -0.576. The van der Waals surface area contributed by atoms with Gasteiger partial charge in [-0.2, -0.15) is 0 Å². The molecule has 0 aromatic rings. The molecule has 1 aliphatic heterocycles. The third kappa shape index (κ3) is 4.92. The number of amides is 1. The largest absolute Gasteiger partial charge is 0.383 e. The van der Waals surface area contributed by atoms with Crippen molar-refractivity contribution in [3.8, 4) is 0 Å². The summed E-state index contributed by atoms with van der Waals surface area (Å²) >= 11 is 0. The maximum atomic E-state index is 12.1. The Morgan fingerprint density at radius 3 is 2.33 bits per heavy atom. The van der Waals surface area contributed by atoms with Gasteiger partial charge in [-0.3, -0.25) is 4.79 Å². The van der Waals surface area contributed by atoms with Crippen molar-refractivity contribution in [3.05, 3.63) is 0 Å². The molecule has 0 aromatic heterocycles. The number of morpholine rings is 1. The number of methoxy groups -OCH3 is 1. The average molecular weight is 258 g/mol. The van der Waals surface area contributed by atoms with Crippen LogP contribution in [-0.2, 0) is 14.3 Å². The van der Waals surface area contributed by atoms with Gasteiger partial charge in [-0.15, -0.1) is 0 Å². The highest BCUT2D eigenvalue weighted by Crippen LogP contribution is 2.27. The number of hydrogen-bond donors (Lipinski definition) is 1. The van der Waals surface area contributed by atoms with Gasteiger partial charge in [0.1, 0.15) is 0 Å². The first-order chi connectivity index (χ1) is 8.26. The lowest BCUT2D eigenvalue weighted by Gasteiger charge is -2.47. The molecule has 1 saturated heterocycles. The van der Waals surface area contributed by atoms with Crippen LogP contribution in [0.2, 0.25) is 0 Å². The van der Waals surface area contributed by atoms with Crippen molar-refractivity contribution in [2.24, 2.45) is 0 Å². The summed E-state index contributed by atoms with van der Waals surface area (Å²) in [6.45, 7) is 11.0. The van der Waals surface area contributed by atoms with Crippen LogP contribution < -0.4 is 5.32 Å². The minimum atomic E-state index is -0.288. The summed E-state index contributed by atoms with van der Waals surface area (Å²) in [5, 5.41) is 3.08. The van der Waals surface area contributed by atoms with E-state index in [9.17, 15) is 4.79 Å². The molecule has 0 spiro atoms. The van der Waals surface area contributed by atoms with Crippen LogP contribution in [0.3, 0.4) is 0 Å². The molecule has 0 aromatic carbocycles. The third-order valence-corrected chi connectivity index (χ3v) is 2.81. The second-order valence-corrected chi connectivity index (χ2v) is 6.04. The van der Waals surface area contributed by atoms with Crippen LogP contribution in [0.15, 0.2) is 0 Å². The Kier molecular flexibility index (Phi) is 5.13. The first-order valence-corrected chi connectivity index (χ1v) is 6.43. The van der Waals surface area contributed by atoms with E-state index in [0.717, 1.165) is 0 Å². The fourth-order valence-corrected chi connectivity index (χ4v) is 2.45. The number of ether oxygens (including phenoxy) is 2. The van der Waals surface area contributed by atoms with Gasteiger partial charge in [0.05, 0.1) is 24.4 Å². The summed E-state index contributed by atoms with van der Waals surface area (Å²) in [7, 11) is 1.65. The highest BCUT2D eigenvalue weighted by Gasteiger charge is 2.39. The lowest BCUT2D eigenvalue weighted by atomic mass is 9.99. The van der Waals surface area contributed by atoms with Crippen molar-refractivity contribution in [2.45, 2.75) is 38.9 Å². The SMILES string of the molecule is COCCNCC(=O)N1CC(C)(C)OC(C)(C)C1. The summed E-state index contributed by atoms with van der Waals surface area (Å²) in [5.74, 6) is 0.121. The predicted octanol–water partition coefficient (Wildman–Crippen LogP) is 0.638. The van der Waals surface area contributed by atoms with E-state index in [2.05, 4.69) is 5.32 Å². The molecule has 1 rings (SSSR count). The molecule has 5 nitrogen and oxygen atoms in total. The third-order valence-electron chi connectivity index (χ3n) is 2.81. The Bertz CT molecular complexity index is 274. The van der Waals surface area contributed by atoms with Gasteiger partial charge >= 0.3 is 0 Å². The van der Waals surface area contributed by atoms with Crippen LogP contribution in [0.25, 0.3) is 0 Å². The Balaban J connectivity index is 2.47. The summed E-state index contributed by atoms with van der Waals surface area (Å²) in [6, 6.07) is 0. The molecular formula is C13H26N2O3. The second-order valence-electron chi connectivity index (χ2n) is 6.04. The monoisotopic (exact) mass is 258 g/mol. The Labute approximate surface area is 110 Å². The number of nitrogens with zero attached hydrogens (tertiary/aromatic N) is 1. The van der Waals surface area contributed by atoms with E-state index < -0.39 is 0 Å². The van der Waals surface area contributed by atoms with Crippen LogP contribution in [0.5, 0.6) is 0 Å². The van der Waals surface area contributed by atoms with Gasteiger partial charge in [-0.1, -0.05) is 0 Å². The molecule has 0 unspecified atom stereocenters. The van der Waals surface area contributed by atoms with Crippen LogP contribution in [-0.4, -0.2) is 61.9 Å². The van der Waals surface area contributed by atoms with Crippen LogP contribution in [0.1, 0.15) is 27.7 Å². The molecule has 0 aliphatic carbocycles. The molecule has 0 bridgehead atoms. The second kappa shape index (κ2) is 5.99. The summed E-state index contributed by atoms with van der Waals surface area (Å²) in [6.07, 6.45) is 0. The van der Waals surface area contributed by atoms with Gasteiger partial charge in [0.25, 0.3) is 0 Å². The zero-order valence-corrected chi connectivity index (χ0v) is 12.2. The lowest BCUT2D eigenvalue weighted by Crippen LogP contribution is -2.59. The highest BCUT2D eigenvalue weighted by atomic mass is 16.5. The Morgan fingerprint density at radius 2 is 1.83 bits per heavy atom. The van der Waals surface area contributed by atoms with Crippen molar-refractivity contribution < 1.29 is 14.3 Å². The van der Waals surface area contributed by atoms with Gasteiger partial charge in [0.15, 0.2) is 0 Å². The van der Waals surface area contributed by atoms with Gasteiger partial charge < -0.3 is 19.7 Å². The molecule has 0 atom stereocenters. The van der Waals surface area contributed by atoms with E-state index >= 15 is 0 Å². The zero-order chi connectivity index (χ0) is 13.8. The first-order valence-electron chi connectivity index (χ1n) is 6.43. The quantitative estimate of drug-likeness (QED) is 0.735. The number of hydrogen-bond acceptors (Lipinski definition) is 4. The van der Waals surface area contributed by atoms with Crippen LogP contribution in [0.4, 0.5) is 0 Å². The van der Waals surface area contributed by atoms with E-state index in [4.69, 9.17) is 9.47 Å². The molecule has 1 heterocycles. The van der Waals surface area contributed by atoms with Gasteiger partial charge in [0, 0.05) is 26.7 Å². The van der Waals surface area contributed by atoms with E-state index in [1.54, 1.807) is 7.11 Å². The zero-order valence-electron chi connectivity index (χ0n) is 12.2. The molecule has 1 N–H and O–H groups in total. The molecule has 0 saturated carbocycles. The lowest BCUT2D eigenvalue weighted by molar-refractivity contribution is -0.187.